The van der Waals surface area contributed by atoms with E-state index in [1.54, 1.807) is 0 Å². The smallest absolute Gasteiger partial charge is 0.0546 e. The Balaban J connectivity index is 0.000000605. The van der Waals surface area contributed by atoms with Crippen LogP contribution in [0, 0.1) is 11.8 Å². The number of fused-ring (bicyclic) bond motifs is 1. The molecule has 2 nitrogen and oxygen atoms in total. The van der Waals surface area contributed by atoms with E-state index in [1.165, 1.54) is 6.42 Å². The van der Waals surface area contributed by atoms with Crippen molar-refractivity contribution in [2.45, 2.75) is 25.4 Å². The van der Waals surface area contributed by atoms with Crippen LogP contribution in [0.1, 0.15) is 19.3 Å². The topological polar surface area (TPSA) is 32.3 Å². The molecule has 2 rings (SSSR count). The summed E-state index contributed by atoms with van der Waals surface area (Å²) < 4.78 is 0. The summed E-state index contributed by atoms with van der Waals surface area (Å²) in [7, 11) is 0. The Hall–Kier alpha value is 0.210. The second-order valence-corrected chi connectivity index (χ2v) is 3.64. The molecule has 1 aliphatic carbocycles. The second kappa shape index (κ2) is 3.74. The van der Waals surface area contributed by atoms with Gasteiger partial charge in [-0.2, -0.15) is 0 Å². The van der Waals surface area contributed by atoms with Crippen molar-refractivity contribution in [3.8, 4) is 0 Å². The van der Waals surface area contributed by atoms with E-state index in [0.717, 1.165) is 37.8 Å². The van der Waals surface area contributed by atoms with Gasteiger partial charge >= 0.3 is 0 Å². The van der Waals surface area contributed by atoms with Crippen LogP contribution in [0.15, 0.2) is 0 Å². The van der Waals surface area contributed by atoms with Gasteiger partial charge in [0.25, 0.3) is 0 Å². The maximum atomic E-state index is 9.33. The summed E-state index contributed by atoms with van der Waals surface area (Å²) in [6, 6.07) is 0. The van der Waals surface area contributed by atoms with Crippen LogP contribution in [-0.2, 0) is 0 Å². The van der Waals surface area contributed by atoms with Crippen molar-refractivity contribution in [3.05, 3.63) is 0 Å². The molecular weight excluding hydrogens is 162 g/mol. The number of rotatable bonds is 0. The average Bonchev–Trinajstić information content (AvgIpc) is 2.27. The largest absolute Gasteiger partial charge is 0.393 e. The molecule has 0 spiro atoms. The van der Waals surface area contributed by atoms with Gasteiger partial charge in [-0.1, -0.05) is 0 Å². The van der Waals surface area contributed by atoms with Gasteiger partial charge in [0.1, 0.15) is 0 Å². The Morgan fingerprint density at radius 2 is 1.91 bits per heavy atom. The van der Waals surface area contributed by atoms with Crippen LogP contribution in [0.5, 0.6) is 0 Å². The van der Waals surface area contributed by atoms with Gasteiger partial charge in [0.2, 0.25) is 0 Å². The first-order valence-electron chi connectivity index (χ1n) is 4.25. The van der Waals surface area contributed by atoms with Crippen molar-refractivity contribution in [1.29, 1.82) is 0 Å². The molecule has 1 heterocycles. The Morgan fingerprint density at radius 1 is 1.18 bits per heavy atom. The number of nitrogens with one attached hydrogen (secondary N) is 1. The first-order valence-corrected chi connectivity index (χ1v) is 4.25. The third kappa shape index (κ3) is 1.86. The zero-order chi connectivity index (χ0) is 6.97. The fourth-order valence-corrected chi connectivity index (χ4v) is 2.36. The lowest BCUT2D eigenvalue weighted by Crippen LogP contribution is -2.33. The predicted molar refractivity (Wildman–Crippen MR) is 47.0 cm³/mol. The summed E-state index contributed by atoms with van der Waals surface area (Å²) in [6.45, 7) is 2.30. The Morgan fingerprint density at radius 3 is 2.64 bits per heavy atom. The van der Waals surface area contributed by atoms with Gasteiger partial charge in [-0.05, 0) is 44.2 Å². The summed E-state index contributed by atoms with van der Waals surface area (Å²) in [5, 5.41) is 12.7. The van der Waals surface area contributed by atoms with Crippen molar-refractivity contribution in [2.24, 2.45) is 11.8 Å². The minimum Gasteiger partial charge on any atom is -0.393 e. The van der Waals surface area contributed by atoms with E-state index in [0.29, 0.717) is 0 Å². The van der Waals surface area contributed by atoms with Crippen LogP contribution < -0.4 is 5.32 Å². The third-order valence-electron chi connectivity index (χ3n) is 2.91. The summed E-state index contributed by atoms with van der Waals surface area (Å²) >= 11 is 0. The quantitative estimate of drug-likeness (QED) is 0.574. The van der Waals surface area contributed by atoms with Crippen LogP contribution in [0.4, 0.5) is 0 Å². The van der Waals surface area contributed by atoms with E-state index >= 15 is 0 Å². The van der Waals surface area contributed by atoms with Crippen LogP contribution >= 0.6 is 12.4 Å². The average molecular weight is 178 g/mol. The zero-order valence-electron chi connectivity index (χ0n) is 6.62. The van der Waals surface area contributed by atoms with Gasteiger partial charge in [0.15, 0.2) is 0 Å². The lowest BCUT2D eigenvalue weighted by atomic mass is 9.90. The van der Waals surface area contributed by atoms with E-state index in [9.17, 15) is 5.11 Å². The Labute approximate surface area is 73.8 Å². The molecule has 3 heteroatoms. The van der Waals surface area contributed by atoms with Crippen molar-refractivity contribution < 1.29 is 5.11 Å². The molecule has 66 valence electrons. The molecule has 0 aromatic rings. The van der Waals surface area contributed by atoms with E-state index in [4.69, 9.17) is 0 Å². The van der Waals surface area contributed by atoms with Gasteiger partial charge in [0.05, 0.1) is 6.10 Å². The highest BCUT2D eigenvalue weighted by Gasteiger charge is 2.34. The number of hydrogen-bond donors (Lipinski definition) is 2. The third-order valence-corrected chi connectivity index (χ3v) is 2.91. The van der Waals surface area contributed by atoms with Gasteiger partial charge in [0, 0.05) is 0 Å². The molecule has 1 saturated carbocycles. The summed E-state index contributed by atoms with van der Waals surface area (Å²) in [5.74, 6) is 1.61. The minimum absolute atomic E-state index is 0. The number of halogens is 1. The molecule has 0 radical (unpaired) electrons. The lowest BCUT2D eigenvalue weighted by Gasteiger charge is -2.25. The number of aliphatic hydroxyl groups excluding tert-OH is 1. The molecule has 2 N–H and O–H groups in total. The van der Waals surface area contributed by atoms with Gasteiger partial charge in [-0.15, -0.1) is 12.4 Å². The minimum atomic E-state index is 0. The number of piperidine rings is 1. The molecule has 2 aliphatic rings. The van der Waals surface area contributed by atoms with Crippen LogP contribution in [0.3, 0.4) is 0 Å². The van der Waals surface area contributed by atoms with Gasteiger partial charge in [-0.25, -0.2) is 0 Å². The molecule has 1 saturated heterocycles. The normalized spacial score (nSPS) is 42.8. The SMILES string of the molecule is Cl.O[C@H]1C[C@H]2CCNC[C@H]2C1. The second-order valence-electron chi connectivity index (χ2n) is 3.64. The summed E-state index contributed by atoms with van der Waals surface area (Å²) in [5.41, 5.74) is 0. The van der Waals surface area contributed by atoms with Crippen LogP contribution in [-0.4, -0.2) is 24.3 Å². The highest BCUT2D eigenvalue weighted by atomic mass is 35.5. The van der Waals surface area contributed by atoms with Crippen molar-refractivity contribution in [1.82, 2.24) is 5.32 Å². The Kier molecular flexibility index (Phi) is 3.16. The van der Waals surface area contributed by atoms with E-state index in [1.807, 2.05) is 0 Å². The Bertz CT molecular complexity index is 117. The molecule has 0 amide bonds. The fourth-order valence-electron chi connectivity index (χ4n) is 2.36. The van der Waals surface area contributed by atoms with Gasteiger partial charge in [-0.3, -0.25) is 0 Å². The molecule has 11 heavy (non-hydrogen) atoms. The molecule has 0 unspecified atom stereocenters. The van der Waals surface area contributed by atoms with Crippen molar-refractivity contribution in [3.63, 3.8) is 0 Å². The van der Waals surface area contributed by atoms with E-state index < -0.39 is 0 Å². The lowest BCUT2D eigenvalue weighted by molar-refractivity contribution is 0.176. The maximum absolute atomic E-state index is 9.33. The molecule has 0 aromatic heterocycles. The molecule has 2 fully saturated rings. The van der Waals surface area contributed by atoms with Crippen molar-refractivity contribution >= 4 is 12.4 Å². The zero-order valence-corrected chi connectivity index (χ0v) is 7.44. The molecule has 1 aliphatic heterocycles. The maximum Gasteiger partial charge on any atom is 0.0546 e. The van der Waals surface area contributed by atoms with Crippen LogP contribution in [0.2, 0.25) is 0 Å². The van der Waals surface area contributed by atoms with E-state index in [2.05, 4.69) is 5.32 Å². The predicted octanol–water partition coefficient (Wildman–Crippen LogP) is 0.789. The molecule has 3 atom stereocenters. The molecule has 0 aromatic carbocycles. The highest BCUT2D eigenvalue weighted by Crippen LogP contribution is 2.35. The van der Waals surface area contributed by atoms with Gasteiger partial charge < -0.3 is 10.4 Å². The standard InChI is InChI=1S/C8H15NO.ClH/c10-8-3-6-1-2-9-5-7(6)4-8;/h6-10H,1-5H2;1H/t6-,7-,8+;/m1./s1. The summed E-state index contributed by atoms with van der Waals surface area (Å²) in [6.07, 6.45) is 3.39. The molecule has 0 bridgehead atoms. The monoisotopic (exact) mass is 177 g/mol. The van der Waals surface area contributed by atoms with E-state index in [-0.39, 0.29) is 18.5 Å². The summed E-state index contributed by atoms with van der Waals surface area (Å²) in [4.78, 5) is 0. The molecular formula is C8H16ClNO. The van der Waals surface area contributed by atoms with Crippen molar-refractivity contribution in [2.75, 3.05) is 13.1 Å². The first kappa shape index (κ1) is 9.30. The fraction of sp³-hybridized carbons (Fsp3) is 1.00. The highest BCUT2D eigenvalue weighted by molar-refractivity contribution is 5.85. The number of hydrogen-bond acceptors (Lipinski definition) is 2. The first-order chi connectivity index (χ1) is 4.86. The van der Waals surface area contributed by atoms with Crippen LogP contribution in [0.25, 0.3) is 0 Å². The number of aliphatic hydroxyl groups is 1.